The lowest BCUT2D eigenvalue weighted by Crippen LogP contribution is -2.30. The average molecular weight is 404 g/mol. The maximum atomic E-state index is 13.5. The molecule has 7 nitrogen and oxygen atoms in total. The Hall–Kier alpha value is -3.39. The first-order valence-electron chi connectivity index (χ1n) is 9.08. The summed E-state index contributed by atoms with van der Waals surface area (Å²) < 4.78 is 5.98. The summed E-state index contributed by atoms with van der Waals surface area (Å²) >= 11 is 1.28. The molecular formula is C21H16N4O3S. The molecule has 1 unspecified atom stereocenters. The van der Waals surface area contributed by atoms with Crippen LogP contribution in [-0.4, -0.2) is 21.1 Å². The van der Waals surface area contributed by atoms with E-state index in [2.05, 4.69) is 15.2 Å². The third-order valence-electron chi connectivity index (χ3n) is 5.18. The van der Waals surface area contributed by atoms with E-state index in [1.165, 1.54) is 16.2 Å². The van der Waals surface area contributed by atoms with Crippen molar-refractivity contribution in [1.82, 2.24) is 15.2 Å². The van der Waals surface area contributed by atoms with Crippen molar-refractivity contribution in [1.29, 1.82) is 0 Å². The van der Waals surface area contributed by atoms with Crippen molar-refractivity contribution in [2.24, 2.45) is 0 Å². The molecule has 0 radical (unpaired) electrons. The van der Waals surface area contributed by atoms with E-state index >= 15 is 0 Å². The number of fused-ring (bicyclic) bond motifs is 2. The van der Waals surface area contributed by atoms with Crippen molar-refractivity contribution >= 4 is 33.3 Å². The molecule has 4 heterocycles. The minimum Gasteiger partial charge on any atom is -0.450 e. The molecule has 0 N–H and O–H groups in total. The molecule has 0 bridgehead atoms. The molecule has 4 aromatic rings. The normalized spacial score (nSPS) is 15.9. The number of nitrogens with zero attached hydrogens (tertiary/aromatic N) is 4. The quantitative estimate of drug-likeness (QED) is 0.506. The minimum atomic E-state index is -0.715. The summed E-state index contributed by atoms with van der Waals surface area (Å²) in [5.41, 5.74) is 3.02. The van der Waals surface area contributed by atoms with Crippen molar-refractivity contribution in [2.75, 3.05) is 4.90 Å². The van der Waals surface area contributed by atoms with Gasteiger partial charge in [-0.25, -0.2) is 0 Å². The Bertz CT molecular complexity index is 1340. The second kappa shape index (κ2) is 6.31. The topological polar surface area (TPSA) is 89.2 Å². The van der Waals surface area contributed by atoms with Gasteiger partial charge in [-0.05, 0) is 56.2 Å². The predicted octanol–water partition coefficient (Wildman–Crippen LogP) is 3.71. The highest BCUT2D eigenvalue weighted by atomic mass is 32.1. The van der Waals surface area contributed by atoms with E-state index in [0.29, 0.717) is 21.8 Å². The Labute approximate surface area is 169 Å². The smallest absolute Gasteiger partial charge is 0.297 e. The molecule has 29 heavy (non-hydrogen) atoms. The predicted molar refractivity (Wildman–Crippen MR) is 109 cm³/mol. The van der Waals surface area contributed by atoms with Crippen LogP contribution in [0.25, 0.3) is 11.0 Å². The van der Waals surface area contributed by atoms with Gasteiger partial charge in [0, 0.05) is 6.20 Å². The second-order valence-corrected chi connectivity index (χ2v) is 8.20. The zero-order valence-corrected chi connectivity index (χ0v) is 16.8. The molecule has 3 aromatic heterocycles. The van der Waals surface area contributed by atoms with E-state index in [-0.39, 0.29) is 16.8 Å². The van der Waals surface area contributed by atoms with Crippen LogP contribution in [0.4, 0.5) is 5.13 Å². The fourth-order valence-corrected chi connectivity index (χ4v) is 4.34. The molecule has 0 fully saturated rings. The Balaban J connectivity index is 1.84. The Morgan fingerprint density at radius 1 is 1.07 bits per heavy atom. The number of carbonyl (C=O) groups is 1. The van der Waals surface area contributed by atoms with E-state index in [1.807, 2.05) is 32.9 Å². The highest BCUT2D eigenvalue weighted by molar-refractivity contribution is 7.15. The average Bonchev–Trinajstić information content (AvgIpc) is 3.26. The fourth-order valence-electron chi connectivity index (χ4n) is 3.63. The van der Waals surface area contributed by atoms with Crippen LogP contribution in [0.2, 0.25) is 0 Å². The van der Waals surface area contributed by atoms with Crippen molar-refractivity contribution in [3.8, 4) is 0 Å². The first kappa shape index (κ1) is 17.7. The van der Waals surface area contributed by atoms with E-state index < -0.39 is 11.9 Å². The first-order chi connectivity index (χ1) is 14.0. The summed E-state index contributed by atoms with van der Waals surface area (Å²) in [6, 6.07) is 8.30. The van der Waals surface area contributed by atoms with Gasteiger partial charge in [-0.3, -0.25) is 19.5 Å². The zero-order valence-electron chi connectivity index (χ0n) is 16.0. The maximum absolute atomic E-state index is 13.5. The third kappa shape index (κ3) is 2.60. The highest BCUT2D eigenvalue weighted by Gasteiger charge is 2.45. The second-order valence-electron chi connectivity index (χ2n) is 7.04. The largest absolute Gasteiger partial charge is 0.450 e. The van der Waals surface area contributed by atoms with Crippen LogP contribution in [-0.2, 0) is 0 Å². The van der Waals surface area contributed by atoms with Crippen LogP contribution in [0.5, 0.6) is 0 Å². The van der Waals surface area contributed by atoms with E-state index in [9.17, 15) is 9.59 Å². The fraction of sp³-hybridized carbons (Fsp3) is 0.190. The van der Waals surface area contributed by atoms with Crippen molar-refractivity contribution < 1.29 is 9.21 Å². The standard InChI is InChI=1S/C21H16N4O3S/c1-10-8-13-15(9-11(10)2)28-19-16(18(13)26)17(14-6-4-5-7-22-14)25(20(19)27)21-24-23-12(3)29-21/h4-9,17H,1-3H3. The van der Waals surface area contributed by atoms with Crippen LogP contribution in [0, 0.1) is 20.8 Å². The molecule has 0 saturated heterocycles. The van der Waals surface area contributed by atoms with E-state index in [0.717, 1.165) is 16.1 Å². The monoisotopic (exact) mass is 404 g/mol. The summed E-state index contributed by atoms with van der Waals surface area (Å²) in [7, 11) is 0. The zero-order chi connectivity index (χ0) is 20.3. The number of rotatable bonds is 2. The molecule has 1 atom stereocenters. The highest BCUT2D eigenvalue weighted by Crippen LogP contribution is 2.41. The van der Waals surface area contributed by atoms with Gasteiger partial charge >= 0.3 is 0 Å². The number of anilines is 1. The van der Waals surface area contributed by atoms with Crippen molar-refractivity contribution in [3.63, 3.8) is 0 Å². The van der Waals surface area contributed by atoms with Gasteiger partial charge in [0.15, 0.2) is 5.43 Å². The summed E-state index contributed by atoms with van der Waals surface area (Å²) in [6.45, 7) is 5.70. The van der Waals surface area contributed by atoms with Crippen LogP contribution in [0.15, 0.2) is 45.7 Å². The first-order valence-corrected chi connectivity index (χ1v) is 9.90. The number of aromatic nitrogens is 3. The minimum absolute atomic E-state index is 0.0364. The number of hydrogen-bond acceptors (Lipinski definition) is 7. The lowest BCUT2D eigenvalue weighted by molar-refractivity contribution is 0.0970. The van der Waals surface area contributed by atoms with Gasteiger partial charge in [0.1, 0.15) is 16.6 Å². The Kier molecular flexibility index (Phi) is 3.85. The lowest BCUT2D eigenvalue weighted by Gasteiger charge is -2.20. The Morgan fingerprint density at radius 3 is 2.55 bits per heavy atom. The number of carbonyl (C=O) groups excluding carboxylic acids is 1. The van der Waals surface area contributed by atoms with Gasteiger partial charge in [-0.15, -0.1) is 10.2 Å². The van der Waals surface area contributed by atoms with Crippen molar-refractivity contribution in [2.45, 2.75) is 26.8 Å². The summed E-state index contributed by atoms with van der Waals surface area (Å²) in [5.74, 6) is -0.377. The molecule has 0 aliphatic carbocycles. The van der Waals surface area contributed by atoms with Crippen molar-refractivity contribution in [3.05, 3.63) is 79.9 Å². The van der Waals surface area contributed by atoms with Crippen LogP contribution in [0.1, 0.15) is 44.0 Å². The van der Waals surface area contributed by atoms with E-state index in [1.54, 1.807) is 24.4 Å². The molecular weight excluding hydrogens is 388 g/mol. The maximum Gasteiger partial charge on any atom is 0.297 e. The van der Waals surface area contributed by atoms with Gasteiger partial charge < -0.3 is 4.42 Å². The van der Waals surface area contributed by atoms with E-state index in [4.69, 9.17) is 4.42 Å². The summed E-state index contributed by atoms with van der Waals surface area (Å²) in [4.78, 5) is 32.7. The number of aryl methyl sites for hydroxylation is 3. The van der Waals surface area contributed by atoms with Gasteiger partial charge in [0.25, 0.3) is 5.91 Å². The van der Waals surface area contributed by atoms with Crippen LogP contribution >= 0.6 is 11.3 Å². The molecule has 1 amide bonds. The number of pyridine rings is 1. The van der Waals surface area contributed by atoms with Gasteiger partial charge in [0.2, 0.25) is 10.9 Å². The number of amides is 1. The molecule has 1 aliphatic heterocycles. The molecule has 144 valence electrons. The number of hydrogen-bond donors (Lipinski definition) is 0. The number of benzene rings is 1. The van der Waals surface area contributed by atoms with Crippen LogP contribution in [0.3, 0.4) is 0 Å². The third-order valence-corrected chi connectivity index (χ3v) is 6.01. The molecule has 1 aromatic carbocycles. The van der Waals surface area contributed by atoms with Gasteiger partial charge in [0.05, 0.1) is 16.6 Å². The molecule has 0 saturated carbocycles. The Morgan fingerprint density at radius 2 is 1.86 bits per heavy atom. The summed E-state index contributed by atoms with van der Waals surface area (Å²) in [6.07, 6.45) is 1.64. The molecule has 0 spiro atoms. The molecule has 8 heteroatoms. The van der Waals surface area contributed by atoms with Crippen LogP contribution < -0.4 is 10.3 Å². The SMILES string of the molecule is Cc1nnc(N2C(=O)c3oc4cc(C)c(C)cc4c(=O)c3C2c2ccccn2)s1. The molecule has 5 rings (SSSR count). The van der Waals surface area contributed by atoms with Gasteiger partial charge in [-0.1, -0.05) is 17.4 Å². The van der Waals surface area contributed by atoms with Gasteiger partial charge in [-0.2, -0.15) is 0 Å². The lowest BCUT2D eigenvalue weighted by atomic mass is 10.0. The summed E-state index contributed by atoms with van der Waals surface area (Å²) in [5, 5.41) is 9.75. The molecule has 1 aliphatic rings.